The first-order chi connectivity index (χ1) is 13.4. The number of benzene rings is 2. The zero-order valence-electron chi connectivity index (χ0n) is 15.9. The van der Waals surface area contributed by atoms with Crippen molar-refractivity contribution in [2.75, 3.05) is 0 Å². The smallest absolute Gasteiger partial charge is 0.261 e. The van der Waals surface area contributed by atoms with Gasteiger partial charge < -0.3 is 5.32 Å². The molecule has 2 rings (SSSR count). The number of hydrogen-bond donors (Lipinski definition) is 3. The molecule has 0 bridgehead atoms. The van der Waals surface area contributed by atoms with Crippen molar-refractivity contribution in [2.45, 2.75) is 32.7 Å². The van der Waals surface area contributed by atoms with Crippen molar-refractivity contribution < 1.29 is 18.8 Å². The topological polar surface area (TPSA) is 87.3 Å². The summed E-state index contributed by atoms with van der Waals surface area (Å²) in [6, 6.07) is 13.3. The van der Waals surface area contributed by atoms with E-state index in [2.05, 4.69) is 16.2 Å². The van der Waals surface area contributed by atoms with Crippen LogP contribution in [0.15, 0.2) is 54.6 Å². The average Bonchev–Trinajstić information content (AvgIpc) is 2.71. The maximum absolute atomic E-state index is 12.9. The largest absolute Gasteiger partial charge is 0.340 e. The van der Waals surface area contributed by atoms with Gasteiger partial charge in [-0.1, -0.05) is 50.6 Å². The summed E-state index contributed by atoms with van der Waals surface area (Å²) in [6.07, 6.45) is 0.654. The lowest BCUT2D eigenvalue weighted by Gasteiger charge is -2.23. The Morgan fingerprint density at radius 1 is 0.964 bits per heavy atom. The Kier molecular flexibility index (Phi) is 7.68. The van der Waals surface area contributed by atoms with E-state index in [0.29, 0.717) is 17.5 Å². The maximum Gasteiger partial charge on any atom is 0.261 e. The molecule has 3 N–H and O–H groups in total. The number of rotatable bonds is 7. The van der Waals surface area contributed by atoms with Crippen molar-refractivity contribution in [2.24, 2.45) is 5.92 Å². The highest BCUT2D eigenvalue weighted by molar-refractivity contribution is 5.97. The average molecular weight is 385 g/mol. The highest BCUT2D eigenvalue weighted by Crippen LogP contribution is 2.09. The molecule has 0 heterocycles. The fourth-order valence-electron chi connectivity index (χ4n) is 2.56. The molecule has 28 heavy (non-hydrogen) atoms. The van der Waals surface area contributed by atoms with Crippen molar-refractivity contribution in [1.82, 2.24) is 16.2 Å². The van der Waals surface area contributed by atoms with Gasteiger partial charge in [-0.15, -0.1) is 0 Å². The highest BCUT2D eigenvalue weighted by Gasteiger charge is 2.26. The quantitative estimate of drug-likeness (QED) is 0.640. The van der Waals surface area contributed by atoms with E-state index in [4.69, 9.17) is 0 Å². The van der Waals surface area contributed by atoms with Crippen LogP contribution in [0.3, 0.4) is 0 Å². The van der Waals surface area contributed by atoms with Crippen molar-refractivity contribution in [3.05, 3.63) is 71.5 Å². The number of halogens is 1. The van der Waals surface area contributed by atoms with Gasteiger partial charge >= 0.3 is 0 Å². The number of hydrogen-bond acceptors (Lipinski definition) is 3. The van der Waals surface area contributed by atoms with Crippen molar-refractivity contribution in [1.29, 1.82) is 0 Å². The lowest BCUT2D eigenvalue weighted by Crippen LogP contribution is -2.54. The summed E-state index contributed by atoms with van der Waals surface area (Å²) in [5.41, 5.74) is 5.76. The Balaban J connectivity index is 1.93. The van der Waals surface area contributed by atoms with Gasteiger partial charge in [0.25, 0.3) is 11.8 Å². The second-order valence-corrected chi connectivity index (χ2v) is 6.54. The summed E-state index contributed by atoms with van der Waals surface area (Å²) < 4.78 is 12.9. The molecule has 0 spiro atoms. The van der Waals surface area contributed by atoms with Gasteiger partial charge in [0.1, 0.15) is 11.9 Å². The first-order valence-corrected chi connectivity index (χ1v) is 9.09. The Morgan fingerprint density at radius 2 is 1.61 bits per heavy atom. The van der Waals surface area contributed by atoms with Gasteiger partial charge in [-0.05, 0) is 35.7 Å². The predicted molar refractivity (Wildman–Crippen MR) is 104 cm³/mol. The SMILES string of the molecule is CC[C@H](C)[C@H](NC(=O)c1ccccc1)C(=O)NNC(=O)Cc1ccc(F)cc1. The Bertz CT molecular complexity index is 809. The molecule has 0 radical (unpaired) electrons. The van der Waals surface area contributed by atoms with Gasteiger partial charge in [-0.2, -0.15) is 0 Å². The van der Waals surface area contributed by atoms with Crippen LogP contribution < -0.4 is 16.2 Å². The molecule has 2 atom stereocenters. The summed E-state index contributed by atoms with van der Waals surface area (Å²) in [5, 5.41) is 2.72. The normalized spacial score (nSPS) is 12.5. The van der Waals surface area contributed by atoms with Crippen LogP contribution in [0.25, 0.3) is 0 Å². The summed E-state index contributed by atoms with van der Waals surface area (Å²) in [5.74, 6) is -1.84. The van der Waals surface area contributed by atoms with Crippen LogP contribution in [-0.2, 0) is 16.0 Å². The van der Waals surface area contributed by atoms with Gasteiger partial charge in [0.05, 0.1) is 6.42 Å². The zero-order chi connectivity index (χ0) is 20.5. The zero-order valence-corrected chi connectivity index (χ0v) is 15.9. The molecule has 3 amide bonds. The summed E-state index contributed by atoms with van der Waals surface area (Å²) >= 11 is 0. The molecule has 0 saturated carbocycles. The predicted octanol–water partition coefficient (Wildman–Crippen LogP) is 2.36. The Labute approximate surface area is 163 Å². The molecule has 0 fully saturated rings. The van der Waals surface area contributed by atoms with Crippen LogP contribution in [0.4, 0.5) is 4.39 Å². The number of amides is 3. The van der Waals surface area contributed by atoms with Crippen LogP contribution >= 0.6 is 0 Å². The molecular formula is C21H24FN3O3. The molecule has 148 valence electrons. The number of carbonyl (C=O) groups excluding carboxylic acids is 3. The lowest BCUT2D eigenvalue weighted by molar-refractivity contribution is -0.130. The standard InChI is InChI=1S/C21H24FN3O3/c1-3-14(2)19(23-20(27)16-7-5-4-6-8-16)21(28)25-24-18(26)13-15-9-11-17(22)12-10-15/h4-12,14,19H,3,13H2,1-2H3,(H,23,27)(H,24,26)(H,25,28)/t14-,19-/m0/s1. The van der Waals surface area contributed by atoms with E-state index in [0.717, 1.165) is 0 Å². The molecule has 6 nitrogen and oxygen atoms in total. The van der Waals surface area contributed by atoms with E-state index in [1.807, 2.05) is 13.8 Å². The molecule has 0 aliphatic heterocycles. The molecule has 7 heteroatoms. The van der Waals surface area contributed by atoms with Crippen LogP contribution in [0.2, 0.25) is 0 Å². The minimum absolute atomic E-state index is 0.00900. The summed E-state index contributed by atoms with van der Waals surface area (Å²) in [4.78, 5) is 36.9. The molecule has 0 unspecified atom stereocenters. The summed E-state index contributed by atoms with van der Waals surface area (Å²) in [7, 11) is 0. The first-order valence-electron chi connectivity index (χ1n) is 9.09. The molecule has 2 aromatic carbocycles. The highest BCUT2D eigenvalue weighted by atomic mass is 19.1. The minimum Gasteiger partial charge on any atom is -0.340 e. The fourth-order valence-corrected chi connectivity index (χ4v) is 2.56. The van der Waals surface area contributed by atoms with Gasteiger partial charge in [0.15, 0.2) is 0 Å². The monoisotopic (exact) mass is 385 g/mol. The number of hydrazine groups is 1. The maximum atomic E-state index is 12.9. The van der Waals surface area contributed by atoms with Crippen molar-refractivity contribution >= 4 is 17.7 Å². The second-order valence-electron chi connectivity index (χ2n) is 6.54. The van der Waals surface area contributed by atoms with Crippen LogP contribution in [0.1, 0.15) is 36.2 Å². The van der Waals surface area contributed by atoms with E-state index in [-0.39, 0.29) is 24.1 Å². The molecule has 0 saturated heterocycles. The van der Waals surface area contributed by atoms with E-state index in [1.165, 1.54) is 24.3 Å². The van der Waals surface area contributed by atoms with Crippen LogP contribution in [-0.4, -0.2) is 23.8 Å². The molecule has 0 aliphatic carbocycles. The van der Waals surface area contributed by atoms with E-state index < -0.39 is 17.9 Å². The van der Waals surface area contributed by atoms with Gasteiger partial charge in [0, 0.05) is 5.56 Å². The van der Waals surface area contributed by atoms with Gasteiger partial charge in [-0.3, -0.25) is 25.2 Å². The van der Waals surface area contributed by atoms with E-state index in [9.17, 15) is 18.8 Å². The third kappa shape index (κ3) is 6.19. The minimum atomic E-state index is -0.802. The lowest BCUT2D eigenvalue weighted by atomic mass is 9.98. The molecule has 2 aromatic rings. The van der Waals surface area contributed by atoms with E-state index in [1.54, 1.807) is 30.3 Å². The van der Waals surface area contributed by atoms with Crippen molar-refractivity contribution in [3.8, 4) is 0 Å². The molecular weight excluding hydrogens is 361 g/mol. The number of carbonyl (C=O) groups is 3. The van der Waals surface area contributed by atoms with Crippen molar-refractivity contribution in [3.63, 3.8) is 0 Å². The summed E-state index contributed by atoms with van der Waals surface area (Å²) in [6.45, 7) is 3.75. The second kappa shape index (κ2) is 10.2. The molecule has 0 aliphatic rings. The third-order valence-electron chi connectivity index (χ3n) is 4.42. The van der Waals surface area contributed by atoms with Gasteiger partial charge in [0.2, 0.25) is 5.91 Å². The third-order valence-corrected chi connectivity index (χ3v) is 4.42. The Hall–Kier alpha value is -3.22. The van der Waals surface area contributed by atoms with E-state index >= 15 is 0 Å². The first kappa shape index (κ1) is 21.1. The van der Waals surface area contributed by atoms with Crippen LogP contribution in [0.5, 0.6) is 0 Å². The number of nitrogens with one attached hydrogen (secondary N) is 3. The Morgan fingerprint density at radius 3 is 2.21 bits per heavy atom. The molecule has 0 aromatic heterocycles. The van der Waals surface area contributed by atoms with Crippen LogP contribution in [0, 0.1) is 11.7 Å². The van der Waals surface area contributed by atoms with Gasteiger partial charge in [-0.25, -0.2) is 4.39 Å². The fraction of sp³-hybridized carbons (Fsp3) is 0.286.